The van der Waals surface area contributed by atoms with Gasteiger partial charge in [-0.2, -0.15) is 0 Å². The van der Waals surface area contributed by atoms with Gasteiger partial charge in [-0.1, -0.05) is 28.1 Å². The van der Waals surface area contributed by atoms with E-state index < -0.39 is 0 Å². The normalized spacial score (nSPS) is 25.2. The number of guanidine groups is 1. The molecule has 2 saturated heterocycles. The molecule has 4 nitrogen and oxygen atoms in total. The van der Waals surface area contributed by atoms with Crippen molar-refractivity contribution in [3.05, 3.63) is 34.3 Å². The number of rotatable bonds is 3. The molecule has 2 aliphatic heterocycles. The zero-order valence-corrected chi connectivity index (χ0v) is 14.7. The summed E-state index contributed by atoms with van der Waals surface area (Å²) < 4.78 is 6.73. The van der Waals surface area contributed by atoms with E-state index in [1.807, 2.05) is 0 Å². The highest BCUT2D eigenvalue weighted by Gasteiger charge is 2.42. The lowest BCUT2D eigenvalue weighted by Gasteiger charge is -2.25. The molecule has 1 aromatic rings. The van der Waals surface area contributed by atoms with Crippen LogP contribution in [0, 0.1) is 5.41 Å². The molecule has 1 N–H and O–H groups in total. The van der Waals surface area contributed by atoms with Crippen molar-refractivity contribution in [3.63, 3.8) is 0 Å². The number of ether oxygens (including phenoxy) is 1. The summed E-state index contributed by atoms with van der Waals surface area (Å²) in [6.07, 6.45) is 2.41. The smallest absolute Gasteiger partial charge is 0.194 e. The van der Waals surface area contributed by atoms with Gasteiger partial charge in [0.25, 0.3) is 0 Å². The zero-order valence-electron chi connectivity index (χ0n) is 13.1. The SMILES string of the molecule is CCNC(=NCc1ccc(Br)cc1)N1CCC2(CCOC2)C1. The Balaban J connectivity index is 1.67. The summed E-state index contributed by atoms with van der Waals surface area (Å²) in [6.45, 7) is 7.72. The molecule has 0 bridgehead atoms. The van der Waals surface area contributed by atoms with Gasteiger partial charge < -0.3 is 15.0 Å². The maximum Gasteiger partial charge on any atom is 0.194 e. The first kappa shape index (κ1) is 15.8. The van der Waals surface area contributed by atoms with Crippen molar-refractivity contribution in [2.24, 2.45) is 10.4 Å². The molecular formula is C17H24BrN3O. The quantitative estimate of drug-likeness (QED) is 0.660. The van der Waals surface area contributed by atoms with Crippen LogP contribution in [0.25, 0.3) is 0 Å². The molecule has 1 spiro atoms. The molecule has 0 saturated carbocycles. The third-order valence-electron chi connectivity index (χ3n) is 4.58. The minimum absolute atomic E-state index is 0.369. The van der Waals surface area contributed by atoms with Crippen LogP contribution < -0.4 is 5.32 Å². The Kier molecular flexibility index (Phi) is 5.03. The Morgan fingerprint density at radius 2 is 2.18 bits per heavy atom. The fourth-order valence-corrected chi connectivity index (χ4v) is 3.53. The Bertz CT molecular complexity index is 523. The van der Waals surface area contributed by atoms with Gasteiger partial charge in [0.1, 0.15) is 0 Å². The van der Waals surface area contributed by atoms with Gasteiger partial charge in [-0.15, -0.1) is 0 Å². The van der Waals surface area contributed by atoms with Crippen LogP contribution in [0.2, 0.25) is 0 Å². The molecule has 2 heterocycles. The summed E-state index contributed by atoms with van der Waals surface area (Å²) in [4.78, 5) is 7.23. The molecule has 2 aliphatic rings. The highest BCUT2D eigenvalue weighted by atomic mass is 79.9. The first-order chi connectivity index (χ1) is 10.7. The molecule has 3 rings (SSSR count). The van der Waals surface area contributed by atoms with E-state index in [4.69, 9.17) is 9.73 Å². The highest BCUT2D eigenvalue weighted by Crippen LogP contribution is 2.38. The Labute approximate surface area is 141 Å². The van der Waals surface area contributed by atoms with Crippen molar-refractivity contribution in [1.29, 1.82) is 0 Å². The van der Waals surface area contributed by atoms with E-state index in [1.54, 1.807) is 0 Å². The summed E-state index contributed by atoms with van der Waals surface area (Å²) in [5.41, 5.74) is 1.60. The third-order valence-corrected chi connectivity index (χ3v) is 5.11. The van der Waals surface area contributed by atoms with Gasteiger partial charge in [-0.25, -0.2) is 4.99 Å². The molecule has 22 heavy (non-hydrogen) atoms. The number of nitrogens with one attached hydrogen (secondary N) is 1. The third kappa shape index (κ3) is 3.63. The molecule has 1 atom stereocenters. The van der Waals surface area contributed by atoms with Gasteiger partial charge in [0.05, 0.1) is 13.2 Å². The van der Waals surface area contributed by atoms with Crippen molar-refractivity contribution >= 4 is 21.9 Å². The highest BCUT2D eigenvalue weighted by molar-refractivity contribution is 9.10. The van der Waals surface area contributed by atoms with Crippen LogP contribution in [-0.4, -0.2) is 43.7 Å². The molecule has 0 amide bonds. The minimum Gasteiger partial charge on any atom is -0.381 e. The summed E-state index contributed by atoms with van der Waals surface area (Å²) in [5, 5.41) is 3.44. The predicted molar refractivity (Wildman–Crippen MR) is 93.0 cm³/mol. The van der Waals surface area contributed by atoms with E-state index >= 15 is 0 Å². The summed E-state index contributed by atoms with van der Waals surface area (Å²) in [6, 6.07) is 8.37. The van der Waals surface area contributed by atoms with E-state index in [9.17, 15) is 0 Å². The average Bonchev–Trinajstić information content (AvgIpc) is 3.16. The fourth-order valence-electron chi connectivity index (χ4n) is 3.27. The van der Waals surface area contributed by atoms with Crippen LogP contribution in [0.5, 0.6) is 0 Å². The number of hydrogen-bond donors (Lipinski definition) is 1. The fraction of sp³-hybridized carbons (Fsp3) is 0.588. The second-order valence-electron chi connectivity index (χ2n) is 6.27. The van der Waals surface area contributed by atoms with Crippen molar-refractivity contribution in [3.8, 4) is 0 Å². The van der Waals surface area contributed by atoms with E-state index in [0.717, 1.165) is 49.8 Å². The second kappa shape index (κ2) is 7.01. The molecule has 1 unspecified atom stereocenters. The van der Waals surface area contributed by atoms with Crippen LogP contribution in [0.4, 0.5) is 0 Å². The molecule has 0 aromatic heterocycles. The topological polar surface area (TPSA) is 36.9 Å². The number of aliphatic imine (C=N–C) groups is 1. The van der Waals surface area contributed by atoms with Gasteiger partial charge in [0.2, 0.25) is 0 Å². The Morgan fingerprint density at radius 3 is 2.86 bits per heavy atom. The summed E-state index contributed by atoms with van der Waals surface area (Å²) in [5.74, 6) is 1.04. The van der Waals surface area contributed by atoms with Crippen LogP contribution >= 0.6 is 15.9 Å². The lowest BCUT2D eigenvalue weighted by Crippen LogP contribution is -2.41. The van der Waals surface area contributed by atoms with E-state index in [1.165, 1.54) is 18.4 Å². The first-order valence-electron chi connectivity index (χ1n) is 8.06. The zero-order chi connectivity index (χ0) is 15.4. The van der Waals surface area contributed by atoms with Crippen molar-refractivity contribution in [2.75, 3.05) is 32.8 Å². The molecule has 0 aliphatic carbocycles. The van der Waals surface area contributed by atoms with Gasteiger partial charge in [-0.05, 0) is 37.5 Å². The summed E-state index contributed by atoms with van der Waals surface area (Å²) >= 11 is 3.47. The number of nitrogens with zero attached hydrogens (tertiary/aromatic N) is 2. The maximum absolute atomic E-state index is 5.62. The van der Waals surface area contributed by atoms with E-state index in [2.05, 4.69) is 57.3 Å². The van der Waals surface area contributed by atoms with E-state index in [0.29, 0.717) is 5.41 Å². The monoisotopic (exact) mass is 365 g/mol. The molecule has 2 fully saturated rings. The van der Waals surface area contributed by atoms with E-state index in [-0.39, 0.29) is 0 Å². The number of benzene rings is 1. The van der Waals surface area contributed by atoms with Crippen LogP contribution in [-0.2, 0) is 11.3 Å². The van der Waals surface area contributed by atoms with Gasteiger partial charge in [-0.3, -0.25) is 0 Å². The molecular weight excluding hydrogens is 342 g/mol. The van der Waals surface area contributed by atoms with Crippen LogP contribution in [0.15, 0.2) is 33.7 Å². The summed E-state index contributed by atoms with van der Waals surface area (Å²) in [7, 11) is 0. The van der Waals surface area contributed by atoms with Gasteiger partial charge in [0, 0.05) is 36.1 Å². The number of halogens is 1. The van der Waals surface area contributed by atoms with Crippen LogP contribution in [0.1, 0.15) is 25.3 Å². The molecule has 5 heteroatoms. The van der Waals surface area contributed by atoms with Crippen molar-refractivity contribution in [2.45, 2.75) is 26.3 Å². The Hall–Kier alpha value is -1.07. The van der Waals surface area contributed by atoms with Gasteiger partial charge >= 0.3 is 0 Å². The minimum atomic E-state index is 0.369. The molecule has 1 aromatic carbocycles. The van der Waals surface area contributed by atoms with Crippen molar-refractivity contribution in [1.82, 2.24) is 10.2 Å². The lowest BCUT2D eigenvalue weighted by atomic mass is 9.87. The average molecular weight is 366 g/mol. The maximum atomic E-state index is 5.62. The number of hydrogen-bond acceptors (Lipinski definition) is 2. The van der Waals surface area contributed by atoms with Crippen molar-refractivity contribution < 1.29 is 4.74 Å². The lowest BCUT2D eigenvalue weighted by molar-refractivity contribution is 0.156. The largest absolute Gasteiger partial charge is 0.381 e. The predicted octanol–water partition coefficient (Wildman–Crippen LogP) is 3.03. The standard InChI is InChI=1S/C17H24BrN3O/c1-2-19-16(20-11-14-3-5-15(18)6-4-14)21-9-7-17(12-21)8-10-22-13-17/h3-6H,2,7-13H2,1H3,(H,19,20). The van der Waals surface area contributed by atoms with Crippen LogP contribution in [0.3, 0.4) is 0 Å². The molecule has 0 radical (unpaired) electrons. The second-order valence-corrected chi connectivity index (χ2v) is 7.19. The first-order valence-corrected chi connectivity index (χ1v) is 8.86. The Morgan fingerprint density at radius 1 is 1.36 bits per heavy atom. The number of likely N-dealkylation sites (tertiary alicyclic amines) is 1. The molecule has 120 valence electrons. The van der Waals surface area contributed by atoms with Gasteiger partial charge in [0.15, 0.2) is 5.96 Å².